The highest BCUT2D eigenvalue weighted by Gasteiger charge is 2.21. The van der Waals surface area contributed by atoms with E-state index >= 15 is 0 Å². The van der Waals surface area contributed by atoms with E-state index in [0.29, 0.717) is 12.1 Å². The molecule has 1 aromatic carbocycles. The van der Waals surface area contributed by atoms with Gasteiger partial charge in [-0.25, -0.2) is 22.3 Å². The van der Waals surface area contributed by atoms with Crippen LogP contribution in [-0.2, 0) is 10.0 Å². The number of aromatic carboxylic acids is 1. The number of nitriles is 1. The Morgan fingerprint density at radius 2 is 2.12 bits per heavy atom. The molecule has 6 nitrogen and oxygen atoms in total. The molecule has 0 heterocycles. The van der Waals surface area contributed by atoms with Gasteiger partial charge in [-0.15, -0.1) is 0 Å². The molecule has 0 unspecified atom stereocenters. The lowest BCUT2D eigenvalue weighted by molar-refractivity contribution is 0.0696. The highest BCUT2D eigenvalue weighted by molar-refractivity contribution is 7.89. The van der Waals surface area contributed by atoms with Crippen LogP contribution in [0.4, 0.5) is 4.39 Å². The maximum absolute atomic E-state index is 13.2. The standard InChI is InChI=1S/C8H4ClFN2O4S/c9-7-5(8(13)14)1-4(2-6(7)10)17(15,16)12-3-11/h1-2,12H,(H,13,14). The average molecular weight is 279 g/mol. The number of carboxylic acids is 1. The Labute approximate surface area is 100 Å². The number of halogens is 2. The fraction of sp³-hybridized carbons (Fsp3) is 0. The third-order valence-electron chi connectivity index (χ3n) is 1.72. The van der Waals surface area contributed by atoms with Gasteiger partial charge < -0.3 is 5.11 Å². The lowest BCUT2D eigenvalue weighted by atomic mass is 10.2. The van der Waals surface area contributed by atoms with E-state index in [1.54, 1.807) is 0 Å². The molecule has 0 radical (unpaired) electrons. The number of benzene rings is 1. The van der Waals surface area contributed by atoms with Crippen molar-refractivity contribution in [1.82, 2.24) is 4.72 Å². The number of rotatable bonds is 3. The molecule has 0 fully saturated rings. The maximum atomic E-state index is 13.2. The van der Waals surface area contributed by atoms with E-state index in [2.05, 4.69) is 0 Å². The van der Waals surface area contributed by atoms with Crippen molar-refractivity contribution in [3.05, 3.63) is 28.5 Å². The first-order chi connectivity index (χ1) is 7.79. The fourth-order valence-corrected chi connectivity index (χ4v) is 1.95. The summed E-state index contributed by atoms with van der Waals surface area (Å²) in [5.74, 6) is -2.78. The van der Waals surface area contributed by atoms with Crippen molar-refractivity contribution in [3.8, 4) is 6.19 Å². The molecule has 90 valence electrons. The summed E-state index contributed by atoms with van der Waals surface area (Å²) in [4.78, 5) is 9.98. The van der Waals surface area contributed by atoms with Crippen LogP contribution in [0.15, 0.2) is 17.0 Å². The SMILES string of the molecule is N#CNS(=O)(=O)c1cc(F)c(Cl)c(C(=O)O)c1. The number of carbonyl (C=O) groups is 1. The van der Waals surface area contributed by atoms with Crippen LogP contribution in [-0.4, -0.2) is 19.5 Å². The Kier molecular flexibility index (Phi) is 3.55. The molecule has 0 aliphatic rings. The van der Waals surface area contributed by atoms with Gasteiger partial charge >= 0.3 is 5.97 Å². The molecule has 0 aliphatic carbocycles. The largest absolute Gasteiger partial charge is 0.478 e. The van der Waals surface area contributed by atoms with Crippen LogP contribution in [0, 0.1) is 17.3 Å². The van der Waals surface area contributed by atoms with Crippen LogP contribution in [0.2, 0.25) is 5.02 Å². The summed E-state index contributed by atoms with van der Waals surface area (Å²) in [6, 6.07) is 1.18. The fourth-order valence-electron chi connectivity index (χ4n) is 0.994. The third-order valence-corrected chi connectivity index (χ3v) is 3.32. The topological polar surface area (TPSA) is 107 Å². The summed E-state index contributed by atoms with van der Waals surface area (Å²) in [5.41, 5.74) is -0.704. The summed E-state index contributed by atoms with van der Waals surface area (Å²) in [6.45, 7) is 0. The van der Waals surface area contributed by atoms with E-state index in [1.165, 1.54) is 4.72 Å². The molecule has 0 saturated carbocycles. The van der Waals surface area contributed by atoms with Crippen molar-refractivity contribution < 1.29 is 22.7 Å². The second-order valence-electron chi connectivity index (χ2n) is 2.79. The zero-order chi connectivity index (χ0) is 13.2. The Balaban J connectivity index is 3.50. The van der Waals surface area contributed by atoms with Crippen LogP contribution in [0.5, 0.6) is 0 Å². The van der Waals surface area contributed by atoms with Gasteiger partial charge in [0.1, 0.15) is 5.82 Å². The van der Waals surface area contributed by atoms with Crippen molar-refractivity contribution in [2.24, 2.45) is 0 Å². The third kappa shape index (κ3) is 2.64. The molecule has 0 amide bonds. The summed E-state index contributed by atoms with van der Waals surface area (Å²) < 4.78 is 37.3. The first-order valence-electron chi connectivity index (χ1n) is 3.93. The van der Waals surface area contributed by atoms with E-state index in [4.69, 9.17) is 22.0 Å². The van der Waals surface area contributed by atoms with E-state index in [-0.39, 0.29) is 0 Å². The van der Waals surface area contributed by atoms with Crippen molar-refractivity contribution in [3.63, 3.8) is 0 Å². The molecule has 0 aliphatic heterocycles. The molecule has 1 rings (SSSR count). The van der Waals surface area contributed by atoms with Crippen molar-refractivity contribution in [2.75, 3.05) is 0 Å². The van der Waals surface area contributed by atoms with Crippen LogP contribution < -0.4 is 4.72 Å². The predicted molar refractivity (Wildman–Crippen MR) is 54.3 cm³/mol. The molecule has 0 atom stereocenters. The van der Waals surface area contributed by atoms with E-state index < -0.39 is 37.3 Å². The highest BCUT2D eigenvalue weighted by Crippen LogP contribution is 2.24. The molecular formula is C8H4ClFN2O4S. The van der Waals surface area contributed by atoms with Crippen LogP contribution in [0.25, 0.3) is 0 Å². The lowest BCUT2D eigenvalue weighted by Crippen LogP contribution is -2.19. The highest BCUT2D eigenvalue weighted by atomic mass is 35.5. The van der Waals surface area contributed by atoms with Gasteiger partial charge in [-0.05, 0) is 12.1 Å². The average Bonchev–Trinajstić information content (AvgIpc) is 2.21. The van der Waals surface area contributed by atoms with Gasteiger partial charge in [0.25, 0.3) is 10.0 Å². The first-order valence-corrected chi connectivity index (χ1v) is 5.79. The molecule has 0 spiro atoms. The number of carboxylic acid groups (broad SMARTS) is 1. The number of nitrogens with zero attached hydrogens (tertiary/aromatic N) is 1. The Hall–Kier alpha value is -1.85. The molecule has 17 heavy (non-hydrogen) atoms. The van der Waals surface area contributed by atoms with Crippen molar-refractivity contribution in [1.29, 1.82) is 5.26 Å². The van der Waals surface area contributed by atoms with Gasteiger partial charge in [-0.3, -0.25) is 0 Å². The van der Waals surface area contributed by atoms with Crippen molar-refractivity contribution >= 4 is 27.6 Å². The number of hydrogen-bond donors (Lipinski definition) is 2. The van der Waals surface area contributed by atoms with Crippen LogP contribution in [0.1, 0.15) is 10.4 Å². The lowest BCUT2D eigenvalue weighted by Gasteiger charge is -2.05. The molecule has 0 bridgehead atoms. The number of sulfonamides is 1. The van der Waals surface area contributed by atoms with Crippen LogP contribution >= 0.6 is 11.6 Å². The first kappa shape index (κ1) is 13.2. The summed E-state index contributed by atoms with van der Waals surface area (Å²) in [7, 11) is -4.28. The molecular weight excluding hydrogens is 275 g/mol. The predicted octanol–water partition coefficient (Wildman–Crippen LogP) is 0.937. The number of hydrogen-bond acceptors (Lipinski definition) is 4. The molecule has 9 heteroatoms. The smallest absolute Gasteiger partial charge is 0.337 e. The second-order valence-corrected chi connectivity index (χ2v) is 4.85. The second kappa shape index (κ2) is 4.57. The minimum atomic E-state index is -4.28. The quantitative estimate of drug-likeness (QED) is 0.632. The minimum absolute atomic E-state index is 0.522. The van der Waals surface area contributed by atoms with Gasteiger partial charge in [-0.2, -0.15) is 5.26 Å². The Morgan fingerprint density at radius 3 is 2.59 bits per heavy atom. The van der Waals surface area contributed by atoms with Crippen LogP contribution in [0.3, 0.4) is 0 Å². The van der Waals surface area contributed by atoms with Gasteiger partial charge in [0.15, 0.2) is 6.19 Å². The normalized spacial score (nSPS) is 10.6. The van der Waals surface area contributed by atoms with E-state index in [0.717, 1.165) is 6.19 Å². The Morgan fingerprint density at radius 1 is 1.53 bits per heavy atom. The van der Waals surface area contributed by atoms with Gasteiger partial charge in [0.05, 0.1) is 15.5 Å². The summed E-state index contributed by atoms with van der Waals surface area (Å²) >= 11 is 5.35. The van der Waals surface area contributed by atoms with Gasteiger partial charge in [0, 0.05) is 0 Å². The molecule has 0 saturated heterocycles. The Bertz CT molecular complexity index is 623. The van der Waals surface area contributed by atoms with E-state index in [1.807, 2.05) is 0 Å². The maximum Gasteiger partial charge on any atom is 0.337 e. The number of nitrogens with one attached hydrogen (secondary N) is 1. The summed E-state index contributed by atoms with van der Waals surface area (Å²) in [5, 5.41) is 16.2. The minimum Gasteiger partial charge on any atom is -0.478 e. The molecule has 0 aromatic heterocycles. The van der Waals surface area contributed by atoms with Gasteiger partial charge in [0.2, 0.25) is 0 Å². The monoisotopic (exact) mass is 278 g/mol. The zero-order valence-electron chi connectivity index (χ0n) is 7.94. The van der Waals surface area contributed by atoms with Crippen molar-refractivity contribution in [2.45, 2.75) is 4.90 Å². The molecule has 2 N–H and O–H groups in total. The van der Waals surface area contributed by atoms with Gasteiger partial charge in [-0.1, -0.05) is 11.6 Å². The van der Waals surface area contributed by atoms with E-state index in [9.17, 15) is 17.6 Å². The molecule has 1 aromatic rings. The summed E-state index contributed by atoms with van der Waals surface area (Å²) in [6.07, 6.45) is 1.15. The zero-order valence-corrected chi connectivity index (χ0v) is 9.51.